The van der Waals surface area contributed by atoms with Crippen LogP contribution in [0.4, 0.5) is 5.69 Å². The Balaban J connectivity index is 1.69. The molecule has 0 radical (unpaired) electrons. The van der Waals surface area contributed by atoms with E-state index in [0.29, 0.717) is 10.8 Å². The van der Waals surface area contributed by atoms with E-state index in [0.717, 1.165) is 23.2 Å². The van der Waals surface area contributed by atoms with Crippen LogP contribution in [0.3, 0.4) is 0 Å². The molecular formula is C22H22ClNO2. The molecule has 0 aliphatic rings. The van der Waals surface area contributed by atoms with E-state index in [1.165, 1.54) is 18.4 Å². The van der Waals surface area contributed by atoms with Gasteiger partial charge >= 0.3 is 0 Å². The monoisotopic (exact) mass is 367 g/mol. The molecule has 0 fully saturated rings. The van der Waals surface area contributed by atoms with Crippen LogP contribution in [0.2, 0.25) is 5.02 Å². The number of hydrogen-bond donors (Lipinski definition) is 1. The number of furan rings is 1. The molecule has 1 amide bonds. The zero-order valence-electron chi connectivity index (χ0n) is 15.0. The maximum atomic E-state index is 12.4. The molecule has 3 nitrogen and oxygen atoms in total. The van der Waals surface area contributed by atoms with E-state index in [2.05, 4.69) is 12.2 Å². The summed E-state index contributed by atoms with van der Waals surface area (Å²) in [5.41, 5.74) is 3.88. The minimum absolute atomic E-state index is 0.268. The van der Waals surface area contributed by atoms with E-state index < -0.39 is 0 Å². The summed E-state index contributed by atoms with van der Waals surface area (Å²) in [6.07, 6.45) is 3.40. The lowest BCUT2D eigenvalue weighted by Crippen LogP contribution is -2.10. The van der Waals surface area contributed by atoms with Crippen molar-refractivity contribution in [3.8, 4) is 11.3 Å². The van der Waals surface area contributed by atoms with Crippen LogP contribution >= 0.6 is 11.6 Å². The van der Waals surface area contributed by atoms with Crippen molar-refractivity contribution in [2.24, 2.45) is 0 Å². The van der Waals surface area contributed by atoms with Crippen LogP contribution in [0.5, 0.6) is 0 Å². The second-order valence-electron chi connectivity index (χ2n) is 6.38. The minimum atomic E-state index is -0.268. The van der Waals surface area contributed by atoms with Crippen LogP contribution in [-0.2, 0) is 6.42 Å². The molecule has 3 aromatic rings. The van der Waals surface area contributed by atoms with Gasteiger partial charge in [-0.15, -0.1) is 0 Å². The average Bonchev–Trinajstić information content (AvgIpc) is 3.14. The lowest BCUT2D eigenvalue weighted by Gasteiger charge is -2.05. The fraction of sp³-hybridized carbons (Fsp3) is 0.227. The molecule has 134 valence electrons. The predicted octanol–water partition coefficient (Wildman–Crippen LogP) is 6.50. The summed E-state index contributed by atoms with van der Waals surface area (Å²) in [4.78, 5) is 12.4. The Morgan fingerprint density at radius 1 is 1.08 bits per heavy atom. The van der Waals surface area contributed by atoms with Crippen molar-refractivity contribution in [2.75, 3.05) is 5.32 Å². The number of halogens is 1. The van der Waals surface area contributed by atoms with Gasteiger partial charge in [0.2, 0.25) is 0 Å². The van der Waals surface area contributed by atoms with Gasteiger partial charge < -0.3 is 9.73 Å². The van der Waals surface area contributed by atoms with Crippen molar-refractivity contribution in [3.63, 3.8) is 0 Å². The smallest absolute Gasteiger partial charge is 0.291 e. The highest BCUT2D eigenvalue weighted by atomic mass is 35.5. The van der Waals surface area contributed by atoms with Gasteiger partial charge in [0.05, 0.1) is 0 Å². The molecule has 4 heteroatoms. The van der Waals surface area contributed by atoms with E-state index >= 15 is 0 Å². The van der Waals surface area contributed by atoms with Crippen molar-refractivity contribution in [1.82, 2.24) is 0 Å². The summed E-state index contributed by atoms with van der Waals surface area (Å²) in [6, 6.07) is 17.1. The van der Waals surface area contributed by atoms with Crippen LogP contribution in [0.15, 0.2) is 59.0 Å². The molecule has 3 rings (SSSR count). The maximum Gasteiger partial charge on any atom is 0.291 e. The molecule has 0 aliphatic heterocycles. The van der Waals surface area contributed by atoms with Gasteiger partial charge in [0.1, 0.15) is 5.76 Å². The highest BCUT2D eigenvalue weighted by Gasteiger charge is 2.13. The number of amides is 1. The van der Waals surface area contributed by atoms with Crippen LogP contribution in [-0.4, -0.2) is 5.91 Å². The van der Waals surface area contributed by atoms with Crippen LogP contribution in [0.25, 0.3) is 11.3 Å². The lowest BCUT2D eigenvalue weighted by atomic mass is 10.1. The summed E-state index contributed by atoms with van der Waals surface area (Å²) in [5.74, 6) is 0.620. The molecule has 1 N–H and O–H groups in total. The minimum Gasteiger partial charge on any atom is -0.451 e. The first-order valence-corrected chi connectivity index (χ1v) is 9.21. The first-order valence-electron chi connectivity index (χ1n) is 8.83. The number of carbonyl (C=O) groups is 1. The van der Waals surface area contributed by atoms with E-state index in [1.54, 1.807) is 12.1 Å². The molecule has 1 heterocycles. The predicted molar refractivity (Wildman–Crippen MR) is 107 cm³/mol. The lowest BCUT2D eigenvalue weighted by molar-refractivity contribution is 0.0997. The standard InChI is InChI=1S/C22H22ClNO2/c1-3-4-5-16-7-10-18(11-8-16)24-22(25)21-13-12-20(26-21)17-9-6-15(2)19(23)14-17/h6-14H,3-5H2,1-2H3,(H,24,25). The van der Waals surface area contributed by atoms with Crippen LogP contribution in [0, 0.1) is 6.92 Å². The molecule has 2 aromatic carbocycles. The molecular weight excluding hydrogens is 346 g/mol. The number of rotatable bonds is 6. The van der Waals surface area contributed by atoms with Gasteiger partial charge in [0, 0.05) is 16.3 Å². The molecule has 0 saturated carbocycles. The zero-order valence-corrected chi connectivity index (χ0v) is 15.8. The Morgan fingerprint density at radius 2 is 1.85 bits per heavy atom. The summed E-state index contributed by atoms with van der Waals surface area (Å²) >= 11 is 6.16. The average molecular weight is 368 g/mol. The Morgan fingerprint density at radius 3 is 2.54 bits per heavy atom. The van der Waals surface area contributed by atoms with Crippen LogP contribution in [0.1, 0.15) is 41.4 Å². The third-order valence-corrected chi connectivity index (χ3v) is 4.72. The molecule has 0 bridgehead atoms. The maximum absolute atomic E-state index is 12.4. The van der Waals surface area contributed by atoms with Crippen molar-refractivity contribution in [1.29, 1.82) is 0 Å². The molecule has 0 unspecified atom stereocenters. The van der Waals surface area contributed by atoms with Gasteiger partial charge in [-0.3, -0.25) is 4.79 Å². The largest absolute Gasteiger partial charge is 0.451 e. The SMILES string of the molecule is CCCCc1ccc(NC(=O)c2ccc(-c3ccc(C)c(Cl)c3)o2)cc1. The molecule has 0 saturated heterocycles. The van der Waals surface area contributed by atoms with Gasteiger partial charge in [-0.05, 0) is 61.2 Å². The van der Waals surface area contributed by atoms with Gasteiger partial charge in [-0.25, -0.2) is 0 Å². The van der Waals surface area contributed by atoms with Crippen molar-refractivity contribution in [2.45, 2.75) is 33.1 Å². The number of nitrogens with one attached hydrogen (secondary N) is 1. The van der Waals surface area contributed by atoms with E-state index in [4.69, 9.17) is 16.0 Å². The normalized spacial score (nSPS) is 10.7. The van der Waals surface area contributed by atoms with Crippen LogP contribution < -0.4 is 5.32 Å². The number of unbranched alkanes of at least 4 members (excludes halogenated alkanes) is 1. The van der Waals surface area contributed by atoms with Gasteiger partial charge in [-0.2, -0.15) is 0 Å². The quantitative estimate of drug-likeness (QED) is 0.540. The van der Waals surface area contributed by atoms with E-state index in [-0.39, 0.29) is 11.7 Å². The van der Waals surface area contributed by atoms with Gasteiger partial charge in [0.15, 0.2) is 5.76 Å². The second-order valence-corrected chi connectivity index (χ2v) is 6.79. The number of carbonyl (C=O) groups excluding carboxylic acids is 1. The first-order chi connectivity index (χ1) is 12.6. The first kappa shape index (κ1) is 18.3. The van der Waals surface area contributed by atoms with E-state index in [1.807, 2.05) is 49.4 Å². The zero-order chi connectivity index (χ0) is 18.5. The van der Waals surface area contributed by atoms with Gasteiger partial charge in [0.25, 0.3) is 5.91 Å². The third kappa shape index (κ3) is 4.36. The Bertz CT molecular complexity index is 897. The Labute approximate surface area is 159 Å². The number of aryl methyl sites for hydroxylation is 2. The molecule has 0 atom stereocenters. The van der Waals surface area contributed by atoms with Crippen molar-refractivity contribution >= 4 is 23.2 Å². The highest BCUT2D eigenvalue weighted by molar-refractivity contribution is 6.31. The van der Waals surface area contributed by atoms with Gasteiger partial charge in [-0.1, -0.05) is 49.2 Å². The summed E-state index contributed by atoms with van der Waals surface area (Å²) < 4.78 is 5.70. The number of hydrogen-bond acceptors (Lipinski definition) is 2. The molecule has 1 aromatic heterocycles. The number of benzene rings is 2. The molecule has 0 aliphatic carbocycles. The third-order valence-electron chi connectivity index (χ3n) is 4.32. The fourth-order valence-electron chi connectivity index (χ4n) is 2.69. The fourth-order valence-corrected chi connectivity index (χ4v) is 2.87. The summed E-state index contributed by atoms with van der Waals surface area (Å²) in [5, 5.41) is 3.54. The Hall–Kier alpha value is -2.52. The summed E-state index contributed by atoms with van der Waals surface area (Å²) in [6.45, 7) is 4.12. The second kappa shape index (κ2) is 8.24. The highest BCUT2D eigenvalue weighted by Crippen LogP contribution is 2.27. The molecule has 26 heavy (non-hydrogen) atoms. The van der Waals surface area contributed by atoms with Crippen molar-refractivity contribution < 1.29 is 9.21 Å². The number of anilines is 1. The van der Waals surface area contributed by atoms with Crippen molar-refractivity contribution in [3.05, 3.63) is 76.5 Å². The Kier molecular flexibility index (Phi) is 5.79. The molecule has 0 spiro atoms. The topological polar surface area (TPSA) is 42.2 Å². The van der Waals surface area contributed by atoms with E-state index in [9.17, 15) is 4.79 Å². The summed E-state index contributed by atoms with van der Waals surface area (Å²) in [7, 11) is 0.